The second kappa shape index (κ2) is 9.19. The minimum Gasteiger partial charge on any atom is -0.326 e. The number of hydrogen-bond acceptors (Lipinski definition) is 3. The van der Waals surface area contributed by atoms with Gasteiger partial charge in [0.1, 0.15) is 0 Å². The lowest BCUT2D eigenvalue weighted by molar-refractivity contribution is 0.169. The van der Waals surface area contributed by atoms with Crippen molar-refractivity contribution in [2.45, 2.75) is 45.7 Å². The molecular weight excluding hydrogens is 258 g/mol. The van der Waals surface area contributed by atoms with E-state index in [2.05, 4.69) is 68.9 Å². The summed E-state index contributed by atoms with van der Waals surface area (Å²) in [6.07, 6.45) is 2.18. The van der Waals surface area contributed by atoms with E-state index in [0.29, 0.717) is 6.04 Å². The molecule has 0 heterocycles. The normalized spacial score (nSPS) is 14.7. The predicted molar refractivity (Wildman–Crippen MR) is 92.6 cm³/mol. The molecule has 0 aliphatic heterocycles. The highest BCUT2D eigenvalue weighted by molar-refractivity contribution is 5.30. The quantitative estimate of drug-likeness (QED) is 0.759. The van der Waals surface area contributed by atoms with Gasteiger partial charge in [0, 0.05) is 12.6 Å². The molecule has 0 bridgehead atoms. The number of nitrogens with zero attached hydrogens (tertiary/aromatic N) is 2. The van der Waals surface area contributed by atoms with Gasteiger partial charge in [0.2, 0.25) is 0 Å². The van der Waals surface area contributed by atoms with Gasteiger partial charge in [-0.3, -0.25) is 4.90 Å². The molecule has 0 fully saturated rings. The van der Waals surface area contributed by atoms with Crippen LogP contribution in [0.15, 0.2) is 24.3 Å². The molecule has 2 N–H and O–H groups in total. The maximum atomic E-state index is 6.47. The fraction of sp³-hybridized carbons (Fsp3) is 0.667. The first-order chi connectivity index (χ1) is 10.0. The molecule has 0 aliphatic rings. The Kier molecular flexibility index (Phi) is 7.94. The van der Waals surface area contributed by atoms with Gasteiger partial charge in [-0.1, -0.05) is 38.1 Å². The number of rotatable bonds is 9. The Balaban J connectivity index is 2.92. The predicted octanol–water partition coefficient (Wildman–Crippen LogP) is 3.05. The molecule has 0 saturated carbocycles. The summed E-state index contributed by atoms with van der Waals surface area (Å²) >= 11 is 0. The lowest BCUT2D eigenvalue weighted by Gasteiger charge is -2.36. The molecule has 3 nitrogen and oxygen atoms in total. The van der Waals surface area contributed by atoms with Crippen molar-refractivity contribution in [1.82, 2.24) is 9.80 Å². The molecule has 0 amide bonds. The minimum absolute atomic E-state index is 0.186. The van der Waals surface area contributed by atoms with Gasteiger partial charge in [-0.15, -0.1) is 0 Å². The molecule has 0 aliphatic carbocycles. The van der Waals surface area contributed by atoms with E-state index in [-0.39, 0.29) is 6.04 Å². The SMILES string of the molecule is CCC(N)C(c1ccccc1C)N(CC)CCCN(C)C. The second-order valence-corrected chi connectivity index (χ2v) is 6.16. The summed E-state index contributed by atoms with van der Waals surface area (Å²) in [7, 11) is 4.26. The topological polar surface area (TPSA) is 32.5 Å². The van der Waals surface area contributed by atoms with Crippen LogP contribution in [-0.2, 0) is 0 Å². The number of benzene rings is 1. The van der Waals surface area contributed by atoms with E-state index in [4.69, 9.17) is 5.73 Å². The van der Waals surface area contributed by atoms with Gasteiger partial charge in [0.15, 0.2) is 0 Å². The van der Waals surface area contributed by atoms with Crippen molar-refractivity contribution in [2.24, 2.45) is 5.73 Å². The fourth-order valence-electron chi connectivity index (χ4n) is 2.92. The zero-order chi connectivity index (χ0) is 15.8. The number of aryl methyl sites for hydroxylation is 1. The van der Waals surface area contributed by atoms with Gasteiger partial charge in [-0.2, -0.15) is 0 Å². The smallest absolute Gasteiger partial charge is 0.0501 e. The van der Waals surface area contributed by atoms with Gasteiger partial charge in [0.25, 0.3) is 0 Å². The third-order valence-corrected chi connectivity index (χ3v) is 4.23. The van der Waals surface area contributed by atoms with Crippen molar-refractivity contribution in [1.29, 1.82) is 0 Å². The summed E-state index contributed by atoms with van der Waals surface area (Å²) in [5.41, 5.74) is 9.21. The molecule has 21 heavy (non-hydrogen) atoms. The molecule has 2 unspecified atom stereocenters. The summed E-state index contributed by atoms with van der Waals surface area (Å²) in [5, 5.41) is 0. The third kappa shape index (κ3) is 5.42. The van der Waals surface area contributed by atoms with Crippen LogP contribution in [0.5, 0.6) is 0 Å². The van der Waals surface area contributed by atoms with Crippen molar-refractivity contribution in [3.63, 3.8) is 0 Å². The summed E-state index contributed by atoms with van der Waals surface area (Å²) in [5.74, 6) is 0. The first kappa shape index (κ1) is 18.1. The van der Waals surface area contributed by atoms with Crippen LogP contribution >= 0.6 is 0 Å². The second-order valence-electron chi connectivity index (χ2n) is 6.16. The van der Waals surface area contributed by atoms with Crippen LogP contribution in [0.4, 0.5) is 0 Å². The Morgan fingerprint density at radius 1 is 1.10 bits per heavy atom. The van der Waals surface area contributed by atoms with E-state index >= 15 is 0 Å². The third-order valence-electron chi connectivity index (χ3n) is 4.23. The summed E-state index contributed by atoms with van der Waals surface area (Å²) < 4.78 is 0. The molecule has 3 heteroatoms. The highest BCUT2D eigenvalue weighted by atomic mass is 15.2. The largest absolute Gasteiger partial charge is 0.326 e. The molecule has 1 aromatic carbocycles. The van der Waals surface area contributed by atoms with Crippen LogP contribution in [0.1, 0.15) is 43.9 Å². The molecule has 0 spiro atoms. The van der Waals surface area contributed by atoms with E-state index in [1.807, 2.05) is 0 Å². The van der Waals surface area contributed by atoms with Crippen LogP contribution < -0.4 is 5.73 Å². The Morgan fingerprint density at radius 3 is 2.29 bits per heavy atom. The van der Waals surface area contributed by atoms with Crippen LogP contribution in [0.3, 0.4) is 0 Å². The van der Waals surface area contributed by atoms with E-state index in [1.54, 1.807) is 0 Å². The maximum Gasteiger partial charge on any atom is 0.0501 e. The number of nitrogens with two attached hydrogens (primary N) is 1. The van der Waals surface area contributed by atoms with Crippen molar-refractivity contribution in [3.8, 4) is 0 Å². The van der Waals surface area contributed by atoms with E-state index in [9.17, 15) is 0 Å². The van der Waals surface area contributed by atoms with Gasteiger partial charge >= 0.3 is 0 Å². The van der Waals surface area contributed by atoms with Crippen molar-refractivity contribution in [2.75, 3.05) is 33.7 Å². The first-order valence-electron chi connectivity index (χ1n) is 8.21. The number of hydrogen-bond donors (Lipinski definition) is 1. The fourth-order valence-corrected chi connectivity index (χ4v) is 2.92. The molecule has 0 radical (unpaired) electrons. The standard InChI is InChI=1S/C18H33N3/c1-6-17(19)18(16-12-9-8-11-15(16)3)21(7-2)14-10-13-20(4)5/h8-9,11-12,17-18H,6-7,10,13-14,19H2,1-5H3. The Bertz CT molecular complexity index is 403. The van der Waals surface area contributed by atoms with Crippen LogP contribution in [0, 0.1) is 6.92 Å². The van der Waals surface area contributed by atoms with Crippen molar-refractivity contribution in [3.05, 3.63) is 35.4 Å². The Morgan fingerprint density at radius 2 is 1.76 bits per heavy atom. The summed E-state index contributed by atoms with van der Waals surface area (Å²) in [4.78, 5) is 4.79. The zero-order valence-corrected chi connectivity index (χ0v) is 14.5. The van der Waals surface area contributed by atoms with E-state index < -0.39 is 0 Å². The van der Waals surface area contributed by atoms with Crippen LogP contribution in [-0.4, -0.2) is 49.6 Å². The highest BCUT2D eigenvalue weighted by Crippen LogP contribution is 2.27. The zero-order valence-electron chi connectivity index (χ0n) is 14.5. The van der Waals surface area contributed by atoms with Crippen LogP contribution in [0.2, 0.25) is 0 Å². The van der Waals surface area contributed by atoms with E-state index in [1.165, 1.54) is 17.5 Å². The molecular formula is C18H33N3. The molecule has 0 saturated heterocycles. The molecule has 2 atom stereocenters. The van der Waals surface area contributed by atoms with E-state index in [0.717, 1.165) is 26.1 Å². The minimum atomic E-state index is 0.186. The van der Waals surface area contributed by atoms with Gasteiger partial charge in [-0.25, -0.2) is 0 Å². The van der Waals surface area contributed by atoms with Gasteiger partial charge in [0.05, 0.1) is 6.04 Å². The van der Waals surface area contributed by atoms with Gasteiger partial charge < -0.3 is 10.6 Å². The number of likely N-dealkylation sites (N-methyl/N-ethyl adjacent to an activating group) is 1. The first-order valence-corrected chi connectivity index (χ1v) is 8.21. The average molecular weight is 291 g/mol. The highest BCUT2D eigenvalue weighted by Gasteiger charge is 2.25. The molecule has 120 valence electrons. The Hall–Kier alpha value is -0.900. The molecule has 0 aromatic heterocycles. The van der Waals surface area contributed by atoms with Crippen LogP contribution in [0.25, 0.3) is 0 Å². The summed E-state index contributed by atoms with van der Waals surface area (Å²) in [6.45, 7) is 9.88. The monoisotopic (exact) mass is 291 g/mol. The van der Waals surface area contributed by atoms with Gasteiger partial charge in [-0.05, 0) is 58.1 Å². The molecule has 1 aromatic rings. The lowest BCUT2D eigenvalue weighted by atomic mass is 9.92. The lowest BCUT2D eigenvalue weighted by Crippen LogP contribution is -2.42. The maximum absolute atomic E-state index is 6.47. The average Bonchev–Trinajstić information content (AvgIpc) is 2.47. The molecule has 1 rings (SSSR count). The summed E-state index contributed by atoms with van der Waals surface area (Å²) in [6, 6.07) is 9.18. The van der Waals surface area contributed by atoms with Crippen molar-refractivity contribution >= 4 is 0 Å². The Labute approximate surface area is 131 Å². The van der Waals surface area contributed by atoms with Crippen molar-refractivity contribution < 1.29 is 0 Å².